The highest BCUT2D eigenvalue weighted by Crippen LogP contribution is 2.18. The van der Waals surface area contributed by atoms with Crippen molar-refractivity contribution in [1.29, 1.82) is 0 Å². The molecule has 0 aromatic heterocycles. The summed E-state index contributed by atoms with van der Waals surface area (Å²) in [7, 11) is -3.81. The molecule has 9 heteroatoms. The maximum atomic E-state index is 12.7. The van der Waals surface area contributed by atoms with Gasteiger partial charge < -0.3 is 10.1 Å². The van der Waals surface area contributed by atoms with Gasteiger partial charge in [0.2, 0.25) is 10.0 Å². The predicted octanol–water partition coefficient (Wildman–Crippen LogP) is 4.62. The first-order chi connectivity index (χ1) is 16.2. The molecule has 0 saturated heterocycles. The van der Waals surface area contributed by atoms with Crippen LogP contribution in [0.5, 0.6) is 0 Å². The number of hydrogen-bond donors (Lipinski definition) is 3. The third-order valence-corrected chi connectivity index (χ3v) is 6.03. The minimum Gasteiger partial charge on any atom is -0.449 e. The van der Waals surface area contributed by atoms with E-state index in [0.717, 1.165) is 5.56 Å². The lowest BCUT2D eigenvalue weighted by molar-refractivity contribution is 0.102. The first-order valence-corrected chi connectivity index (χ1v) is 12.2. The second-order valence-corrected chi connectivity index (χ2v) is 9.76. The molecule has 0 unspecified atom stereocenters. The van der Waals surface area contributed by atoms with Crippen LogP contribution in [0.2, 0.25) is 0 Å². The Morgan fingerprint density at radius 1 is 0.853 bits per heavy atom. The van der Waals surface area contributed by atoms with Gasteiger partial charge in [0.25, 0.3) is 5.91 Å². The van der Waals surface area contributed by atoms with Gasteiger partial charge in [-0.25, -0.2) is 17.9 Å². The molecule has 34 heavy (non-hydrogen) atoms. The molecule has 3 aromatic rings. The van der Waals surface area contributed by atoms with Crippen LogP contribution in [0.4, 0.5) is 16.2 Å². The molecule has 0 aliphatic carbocycles. The Hall–Kier alpha value is -3.69. The van der Waals surface area contributed by atoms with Crippen LogP contribution in [0, 0.1) is 5.92 Å². The van der Waals surface area contributed by atoms with Gasteiger partial charge in [-0.15, -0.1) is 0 Å². The molecule has 0 aliphatic heterocycles. The smallest absolute Gasteiger partial charge is 0.411 e. The van der Waals surface area contributed by atoms with Gasteiger partial charge in [-0.3, -0.25) is 10.1 Å². The fourth-order valence-electron chi connectivity index (χ4n) is 2.94. The SMILES string of the molecule is CC(C)COC(=O)Nc1cccc(NC(=O)c2cccc(S(=O)(=O)NCc3ccccc3)c2)c1. The predicted molar refractivity (Wildman–Crippen MR) is 131 cm³/mol. The van der Waals surface area contributed by atoms with E-state index in [0.29, 0.717) is 18.0 Å². The number of hydrogen-bond acceptors (Lipinski definition) is 5. The van der Waals surface area contributed by atoms with E-state index in [2.05, 4.69) is 15.4 Å². The minimum atomic E-state index is -3.81. The standard InChI is InChI=1S/C25H27N3O5S/c1-18(2)17-33-25(30)28-22-12-7-11-21(15-22)27-24(29)20-10-6-13-23(14-20)34(31,32)26-16-19-8-4-3-5-9-19/h3-15,18,26H,16-17H2,1-2H3,(H,27,29)(H,28,30). The number of benzene rings is 3. The molecule has 0 heterocycles. The first kappa shape index (κ1) is 24.9. The molecule has 0 fully saturated rings. The number of amides is 2. The van der Waals surface area contributed by atoms with Crippen molar-refractivity contribution in [2.24, 2.45) is 5.92 Å². The molecular formula is C25H27N3O5S. The van der Waals surface area contributed by atoms with Crippen molar-refractivity contribution in [3.05, 3.63) is 90.0 Å². The van der Waals surface area contributed by atoms with E-state index in [1.165, 1.54) is 24.3 Å². The third kappa shape index (κ3) is 7.43. The van der Waals surface area contributed by atoms with Crippen LogP contribution in [0.25, 0.3) is 0 Å². The summed E-state index contributed by atoms with van der Waals surface area (Å²) >= 11 is 0. The lowest BCUT2D eigenvalue weighted by Crippen LogP contribution is -2.23. The van der Waals surface area contributed by atoms with Crippen molar-refractivity contribution in [2.75, 3.05) is 17.2 Å². The van der Waals surface area contributed by atoms with Crippen molar-refractivity contribution in [2.45, 2.75) is 25.3 Å². The zero-order valence-electron chi connectivity index (χ0n) is 18.9. The molecule has 0 spiro atoms. The van der Waals surface area contributed by atoms with E-state index in [1.807, 2.05) is 44.2 Å². The fraction of sp³-hybridized carbons (Fsp3) is 0.200. The number of carbonyl (C=O) groups excluding carboxylic acids is 2. The Morgan fingerprint density at radius 3 is 2.24 bits per heavy atom. The van der Waals surface area contributed by atoms with Crippen molar-refractivity contribution in [3.63, 3.8) is 0 Å². The van der Waals surface area contributed by atoms with Gasteiger partial charge in [-0.1, -0.05) is 56.3 Å². The van der Waals surface area contributed by atoms with E-state index in [4.69, 9.17) is 4.74 Å². The number of carbonyl (C=O) groups is 2. The Kier molecular flexibility index (Phi) is 8.39. The van der Waals surface area contributed by atoms with Crippen LogP contribution in [0.3, 0.4) is 0 Å². The second kappa shape index (κ2) is 11.4. The van der Waals surface area contributed by atoms with Gasteiger partial charge in [0.05, 0.1) is 11.5 Å². The van der Waals surface area contributed by atoms with E-state index in [-0.39, 0.29) is 22.9 Å². The highest BCUT2D eigenvalue weighted by Gasteiger charge is 2.16. The van der Waals surface area contributed by atoms with E-state index in [1.54, 1.807) is 24.3 Å². The number of anilines is 2. The van der Waals surface area contributed by atoms with Gasteiger partial charge >= 0.3 is 6.09 Å². The average Bonchev–Trinajstić information content (AvgIpc) is 2.82. The lowest BCUT2D eigenvalue weighted by Gasteiger charge is -2.11. The Balaban J connectivity index is 1.65. The fourth-order valence-corrected chi connectivity index (χ4v) is 4.00. The van der Waals surface area contributed by atoms with Gasteiger partial charge in [0.15, 0.2) is 0 Å². The minimum absolute atomic E-state index is 0.0144. The highest BCUT2D eigenvalue weighted by molar-refractivity contribution is 7.89. The molecule has 0 bridgehead atoms. The summed E-state index contributed by atoms with van der Waals surface area (Å²) in [6.07, 6.45) is -0.585. The summed E-state index contributed by atoms with van der Waals surface area (Å²) in [5.41, 5.74) is 1.88. The van der Waals surface area contributed by atoms with E-state index < -0.39 is 22.0 Å². The lowest BCUT2D eigenvalue weighted by atomic mass is 10.2. The largest absolute Gasteiger partial charge is 0.449 e. The molecule has 0 aliphatic rings. The number of rotatable bonds is 9. The van der Waals surface area contributed by atoms with Gasteiger partial charge in [0, 0.05) is 23.5 Å². The Labute approximate surface area is 199 Å². The summed E-state index contributed by atoms with van der Waals surface area (Å²) < 4.78 is 33.0. The maximum Gasteiger partial charge on any atom is 0.411 e. The van der Waals surface area contributed by atoms with Crippen molar-refractivity contribution >= 4 is 33.4 Å². The van der Waals surface area contributed by atoms with Crippen LogP contribution < -0.4 is 15.4 Å². The molecule has 3 rings (SSSR count). The summed E-state index contributed by atoms with van der Waals surface area (Å²) in [5.74, 6) is -0.274. The topological polar surface area (TPSA) is 114 Å². The molecule has 0 saturated carbocycles. The van der Waals surface area contributed by atoms with Gasteiger partial charge in [0.1, 0.15) is 0 Å². The van der Waals surface area contributed by atoms with Gasteiger partial charge in [-0.2, -0.15) is 0 Å². The Morgan fingerprint density at radius 2 is 1.53 bits per heavy atom. The van der Waals surface area contributed by atoms with Crippen molar-refractivity contribution in [1.82, 2.24) is 4.72 Å². The van der Waals surface area contributed by atoms with Crippen LogP contribution >= 0.6 is 0 Å². The summed E-state index contributed by atoms with van der Waals surface area (Å²) in [4.78, 5) is 24.6. The summed E-state index contributed by atoms with van der Waals surface area (Å²) in [5, 5.41) is 5.32. The van der Waals surface area contributed by atoms with Crippen LogP contribution in [0.1, 0.15) is 29.8 Å². The molecular weight excluding hydrogens is 454 g/mol. The quantitative estimate of drug-likeness (QED) is 0.413. The van der Waals surface area contributed by atoms with Gasteiger partial charge in [-0.05, 0) is 47.9 Å². The first-order valence-electron chi connectivity index (χ1n) is 10.7. The van der Waals surface area contributed by atoms with E-state index >= 15 is 0 Å². The zero-order valence-corrected chi connectivity index (χ0v) is 19.8. The molecule has 178 valence electrons. The second-order valence-electron chi connectivity index (χ2n) is 7.99. The highest BCUT2D eigenvalue weighted by atomic mass is 32.2. The number of nitrogens with one attached hydrogen (secondary N) is 3. The molecule has 0 atom stereocenters. The monoisotopic (exact) mass is 481 g/mol. The molecule has 8 nitrogen and oxygen atoms in total. The Bertz CT molecular complexity index is 1240. The number of ether oxygens (including phenoxy) is 1. The molecule has 2 amide bonds. The van der Waals surface area contributed by atoms with Crippen LogP contribution in [0.15, 0.2) is 83.8 Å². The third-order valence-electron chi connectivity index (χ3n) is 4.63. The summed E-state index contributed by atoms with van der Waals surface area (Å²) in [6.45, 7) is 4.30. The van der Waals surface area contributed by atoms with Crippen molar-refractivity contribution in [3.8, 4) is 0 Å². The normalized spacial score (nSPS) is 11.1. The van der Waals surface area contributed by atoms with E-state index in [9.17, 15) is 18.0 Å². The average molecular weight is 482 g/mol. The van der Waals surface area contributed by atoms with Crippen LogP contribution in [-0.4, -0.2) is 27.0 Å². The number of sulfonamides is 1. The molecule has 3 N–H and O–H groups in total. The molecule has 0 radical (unpaired) electrons. The van der Waals surface area contributed by atoms with Crippen LogP contribution in [-0.2, 0) is 21.3 Å². The molecule has 3 aromatic carbocycles. The van der Waals surface area contributed by atoms with Crippen molar-refractivity contribution < 1.29 is 22.7 Å². The maximum absolute atomic E-state index is 12.7. The zero-order chi connectivity index (χ0) is 24.6. The summed E-state index contributed by atoms with van der Waals surface area (Å²) in [6, 6.07) is 21.5.